The van der Waals surface area contributed by atoms with E-state index in [2.05, 4.69) is 17.2 Å². The molecule has 5 heteroatoms. The first kappa shape index (κ1) is 13.4. The Balaban J connectivity index is 1.95. The number of imide groups is 1. The van der Waals surface area contributed by atoms with E-state index in [9.17, 15) is 14.4 Å². The molecule has 5 nitrogen and oxygen atoms in total. The molecule has 0 saturated carbocycles. The van der Waals surface area contributed by atoms with E-state index in [1.165, 1.54) is 4.90 Å². The monoisotopic (exact) mass is 282 g/mol. The van der Waals surface area contributed by atoms with Crippen molar-refractivity contribution in [3.05, 3.63) is 29.3 Å². The van der Waals surface area contributed by atoms with Crippen molar-refractivity contribution in [1.29, 1.82) is 0 Å². The summed E-state index contributed by atoms with van der Waals surface area (Å²) in [4.78, 5) is 37.0. The second-order valence-electron chi connectivity index (χ2n) is 5.13. The third-order valence-electron chi connectivity index (χ3n) is 3.74. The zero-order valence-corrected chi connectivity index (χ0v) is 11.6. The first-order valence-corrected chi connectivity index (χ1v) is 6.81. The zero-order valence-electron chi connectivity index (χ0n) is 11.6. The Hall–Kier alpha value is -2.61. The standard InChI is InChI=1S/C16H14N2O3/c1-2-3-10-4-5-12-11(8-10)9-15(20)18(12)13-6-7-14(19)17-16(13)21/h4-5,8,13H,6-7,9H2,1H3,(H,17,19,21). The van der Waals surface area contributed by atoms with Gasteiger partial charge in [0.05, 0.1) is 6.42 Å². The van der Waals surface area contributed by atoms with Crippen LogP contribution in [-0.2, 0) is 20.8 Å². The highest BCUT2D eigenvalue weighted by Crippen LogP contribution is 2.33. The maximum atomic E-state index is 12.3. The quantitative estimate of drug-likeness (QED) is 0.610. The summed E-state index contributed by atoms with van der Waals surface area (Å²) in [5.74, 6) is 4.99. The number of fused-ring (bicyclic) bond motifs is 1. The van der Waals surface area contributed by atoms with Crippen LogP contribution in [-0.4, -0.2) is 23.8 Å². The molecular weight excluding hydrogens is 268 g/mol. The van der Waals surface area contributed by atoms with Gasteiger partial charge in [-0.15, -0.1) is 5.92 Å². The van der Waals surface area contributed by atoms with Gasteiger partial charge in [-0.3, -0.25) is 24.6 Å². The van der Waals surface area contributed by atoms with E-state index in [1.807, 2.05) is 18.2 Å². The number of amides is 3. The average molecular weight is 282 g/mol. The number of benzene rings is 1. The molecule has 0 radical (unpaired) electrons. The Kier molecular flexibility index (Phi) is 3.22. The Bertz CT molecular complexity index is 712. The van der Waals surface area contributed by atoms with Crippen LogP contribution in [0.25, 0.3) is 0 Å². The summed E-state index contributed by atoms with van der Waals surface area (Å²) in [6.07, 6.45) is 0.896. The third kappa shape index (κ3) is 2.29. The number of nitrogens with one attached hydrogen (secondary N) is 1. The van der Waals surface area contributed by atoms with E-state index in [4.69, 9.17) is 0 Å². The minimum Gasteiger partial charge on any atom is -0.299 e. The molecule has 0 aliphatic carbocycles. The number of carbonyl (C=O) groups excluding carboxylic acids is 3. The second-order valence-corrected chi connectivity index (χ2v) is 5.13. The fourth-order valence-electron chi connectivity index (χ4n) is 2.84. The van der Waals surface area contributed by atoms with Gasteiger partial charge in [-0.1, -0.05) is 5.92 Å². The van der Waals surface area contributed by atoms with E-state index in [0.29, 0.717) is 6.42 Å². The Labute approximate surface area is 122 Å². The van der Waals surface area contributed by atoms with E-state index in [1.54, 1.807) is 6.92 Å². The van der Waals surface area contributed by atoms with Crippen LogP contribution in [0, 0.1) is 11.8 Å². The molecule has 3 amide bonds. The smallest absolute Gasteiger partial charge is 0.249 e. The molecule has 1 unspecified atom stereocenters. The molecule has 1 fully saturated rings. The van der Waals surface area contributed by atoms with Gasteiger partial charge in [0.1, 0.15) is 6.04 Å². The number of anilines is 1. The van der Waals surface area contributed by atoms with Crippen molar-refractivity contribution in [2.24, 2.45) is 0 Å². The minimum absolute atomic E-state index is 0.110. The first-order chi connectivity index (χ1) is 10.1. The van der Waals surface area contributed by atoms with Gasteiger partial charge < -0.3 is 0 Å². The Morgan fingerprint density at radius 1 is 1.29 bits per heavy atom. The van der Waals surface area contributed by atoms with Crippen LogP contribution in [0.1, 0.15) is 30.9 Å². The fraction of sp³-hybridized carbons (Fsp3) is 0.312. The van der Waals surface area contributed by atoms with Crippen molar-refractivity contribution >= 4 is 23.4 Å². The van der Waals surface area contributed by atoms with Gasteiger partial charge >= 0.3 is 0 Å². The molecule has 2 heterocycles. The number of rotatable bonds is 1. The molecular formula is C16H14N2O3. The summed E-state index contributed by atoms with van der Waals surface area (Å²) in [6, 6.07) is 4.95. The molecule has 2 aliphatic rings. The van der Waals surface area contributed by atoms with Crippen molar-refractivity contribution in [3.8, 4) is 11.8 Å². The van der Waals surface area contributed by atoms with E-state index in [-0.39, 0.29) is 24.7 Å². The van der Waals surface area contributed by atoms with Crippen molar-refractivity contribution < 1.29 is 14.4 Å². The molecule has 1 atom stereocenters. The van der Waals surface area contributed by atoms with Gasteiger partial charge in [0.25, 0.3) is 0 Å². The SMILES string of the molecule is CC#Cc1ccc2c(c1)CC(=O)N2C1CCC(=O)NC1=O. The number of hydrogen-bond acceptors (Lipinski definition) is 3. The molecule has 21 heavy (non-hydrogen) atoms. The van der Waals surface area contributed by atoms with Gasteiger partial charge in [-0.2, -0.15) is 0 Å². The molecule has 1 saturated heterocycles. The van der Waals surface area contributed by atoms with E-state index >= 15 is 0 Å². The number of nitrogens with zero attached hydrogens (tertiary/aromatic N) is 1. The van der Waals surface area contributed by atoms with Gasteiger partial charge in [0.15, 0.2) is 0 Å². The highest BCUT2D eigenvalue weighted by Gasteiger charge is 2.39. The summed E-state index contributed by atoms with van der Waals surface area (Å²) >= 11 is 0. The van der Waals surface area contributed by atoms with Crippen molar-refractivity contribution in [2.75, 3.05) is 4.90 Å². The lowest BCUT2D eigenvalue weighted by molar-refractivity contribution is -0.135. The Morgan fingerprint density at radius 2 is 2.10 bits per heavy atom. The lowest BCUT2D eigenvalue weighted by atomic mass is 10.0. The molecule has 106 valence electrons. The van der Waals surface area contributed by atoms with Crippen LogP contribution in [0.15, 0.2) is 18.2 Å². The van der Waals surface area contributed by atoms with Crippen LogP contribution >= 0.6 is 0 Å². The van der Waals surface area contributed by atoms with Crippen LogP contribution in [0.5, 0.6) is 0 Å². The molecule has 0 aromatic heterocycles. The molecule has 0 spiro atoms. The van der Waals surface area contributed by atoms with Gasteiger partial charge in [-0.25, -0.2) is 0 Å². The second kappa shape index (κ2) is 5.06. The maximum Gasteiger partial charge on any atom is 0.249 e. The topological polar surface area (TPSA) is 66.5 Å². The highest BCUT2D eigenvalue weighted by molar-refractivity contribution is 6.10. The number of carbonyl (C=O) groups is 3. The summed E-state index contributed by atoms with van der Waals surface area (Å²) < 4.78 is 0. The normalized spacial score (nSPS) is 20.7. The van der Waals surface area contributed by atoms with Gasteiger partial charge in [0.2, 0.25) is 17.7 Å². The average Bonchev–Trinajstić information content (AvgIpc) is 2.75. The van der Waals surface area contributed by atoms with Crippen LogP contribution < -0.4 is 10.2 Å². The predicted molar refractivity (Wildman–Crippen MR) is 76.4 cm³/mol. The van der Waals surface area contributed by atoms with Gasteiger partial charge in [-0.05, 0) is 37.1 Å². The fourth-order valence-corrected chi connectivity index (χ4v) is 2.84. The lowest BCUT2D eigenvalue weighted by Crippen LogP contribution is -2.53. The molecule has 1 N–H and O–H groups in total. The molecule has 3 rings (SSSR count). The number of piperidine rings is 1. The summed E-state index contributed by atoms with van der Waals surface area (Å²) in [5.41, 5.74) is 2.48. The highest BCUT2D eigenvalue weighted by atomic mass is 16.2. The van der Waals surface area contributed by atoms with Crippen molar-refractivity contribution in [1.82, 2.24) is 5.32 Å². The molecule has 0 bridgehead atoms. The minimum atomic E-state index is -0.598. The van der Waals surface area contributed by atoms with Crippen LogP contribution in [0.3, 0.4) is 0 Å². The molecule has 2 aliphatic heterocycles. The van der Waals surface area contributed by atoms with Crippen molar-refractivity contribution in [2.45, 2.75) is 32.2 Å². The summed E-state index contributed by atoms with van der Waals surface area (Å²) in [7, 11) is 0. The largest absolute Gasteiger partial charge is 0.299 e. The van der Waals surface area contributed by atoms with Crippen LogP contribution in [0.2, 0.25) is 0 Å². The molecule has 1 aromatic rings. The van der Waals surface area contributed by atoms with Crippen molar-refractivity contribution in [3.63, 3.8) is 0 Å². The first-order valence-electron chi connectivity index (χ1n) is 6.81. The van der Waals surface area contributed by atoms with Gasteiger partial charge in [0, 0.05) is 17.7 Å². The predicted octanol–water partition coefficient (Wildman–Crippen LogP) is 0.752. The Morgan fingerprint density at radius 3 is 2.81 bits per heavy atom. The summed E-state index contributed by atoms with van der Waals surface area (Å²) in [5, 5.41) is 2.30. The lowest BCUT2D eigenvalue weighted by Gasteiger charge is -2.30. The third-order valence-corrected chi connectivity index (χ3v) is 3.74. The summed E-state index contributed by atoms with van der Waals surface area (Å²) in [6.45, 7) is 1.76. The van der Waals surface area contributed by atoms with E-state index < -0.39 is 11.9 Å². The maximum absolute atomic E-state index is 12.3. The van der Waals surface area contributed by atoms with Crippen LogP contribution in [0.4, 0.5) is 5.69 Å². The molecule has 1 aromatic carbocycles. The van der Waals surface area contributed by atoms with E-state index in [0.717, 1.165) is 16.8 Å². The zero-order chi connectivity index (χ0) is 15.0. The number of hydrogen-bond donors (Lipinski definition) is 1.